The smallest absolute Gasteiger partial charge is 0.194 e. The zero-order valence-electron chi connectivity index (χ0n) is 21.5. The first-order valence-corrected chi connectivity index (χ1v) is 13.3. The van der Waals surface area contributed by atoms with Crippen molar-refractivity contribution < 1.29 is 42.5 Å². The molecule has 10 nitrogen and oxygen atoms in total. The fourth-order valence-corrected chi connectivity index (χ4v) is 5.88. The van der Waals surface area contributed by atoms with E-state index in [0.29, 0.717) is 5.75 Å². The van der Waals surface area contributed by atoms with Gasteiger partial charge < -0.3 is 25.0 Å². The highest BCUT2D eigenvalue weighted by molar-refractivity contribution is 7.91. The van der Waals surface area contributed by atoms with Crippen LogP contribution >= 0.6 is 0 Å². The Bertz CT molecular complexity index is 1570. The maximum Gasteiger partial charge on any atom is 0.194 e. The van der Waals surface area contributed by atoms with Crippen molar-refractivity contribution in [2.75, 3.05) is 19.4 Å². The van der Waals surface area contributed by atoms with Gasteiger partial charge in [-0.1, -0.05) is 0 Å². The molecule has 3 N–H and O–H groups in total. The molecule has 1 aliphatic carbocycles. The van der Waals surface area contributed by atoms with Gasteiger partial charge in [0.05, 0.1) is 28.9 Å². The number of hydrogen-bond acceptors (Lipinski definition) is 10. The van der Waals surface area contributed by atoms with E-state index in [9.17, 15) is 33.0 Å². The van der Waals surface area contributed by atoms with E-state index in [-0.39, 0.29) is 56.7 Å². The number of carbonyl (C=O) groups is 3. The van der Waals surface area contributed by atoms with Gasteiger partial charge in [0.15, 0.2) is 27.2 Å². The lowest BCUT2D eigenvalue weighted by atomic mass is 9.70. The first-order chi connectivity index (χ1) is 17.7. The zero-order valence-corrected chi connectivity index (χ0v) is 22.3. The van der Waals surface area contributed by atoms with Crippen LogP contribution in [0.2, 0.25) is 0 Å². The molecule has 2 aliphatic rings. The van der Waals surface area contributed by atoms with E-state index in [4.69, 9.17) is 9.47 Å². The van der Waals surface area contributed by atoms with Gasteiger partial charge in [0.2, 0.25) is 0 Å². The monoisotopic (exact) mass is 541 g/mol. The molecule has 1 atom stereocenters. The number of nitrogens with one attached hydrogen (secondary N) is 1. The molecule has 0 saturated heterocycles. The number of hydrogen-bond donors (Lipinski definition) is 3. The fourth-order valence-electron chi connectivity index (χ4n) is 4.72. The molecule has 2 aromatic rings. The van der Waals surface area contributed by atoms with E-state index in [2.05, 4.69) is 5.32 Å². The standard InChI is InChI=1S/C27H27NO9S/c1-13-23(31)21(15(3)29)25-22(24(13)32)27(4)19(37-25)12-18(30)20(26(27)33)14(2)28-10-11-38(34,35)17-8-6-16(36-5)7-9-17/h6-9,12,28,31-32H,10-11H2,1-5H3/b20-14-/t27-/m1/s1. The third-order valence-electron chi connectivity index (χ3n) is 6.94. The molecule has 0 unspecified atom stereocenters. The molecule has 0 bridgehead atoms. The Balaban J connectivity index is 1.67. The van der Waals surface area contributed by atoms with Crippen LogP contribution in [-0.2, 0) is 24.8 Å². The van der Waals surface area contributed by atoms with Crippen LogP contribution in [0, 0.1) is 6.92 Å². The quantitative estimate of drug-likeness (QED) is 0.270. The molecule has 0 spiro atoms. The van der Waals surface area contributed by atoms with Gasteiger partial charge >= 0.3 is 0 Å². The summed E-state index contributed by atoms with van der Waals surface area (Å²) in [6, 6.07) is 5.93. The van der Waals surface area contributed by atoms with Crippen molar-refractivity contribution in [1.82, 2.24) is 5.32 Å². The van der Waals surface area contributed by atoms with Crippen molar-refractivity contribution in [3.8, 4) is 23.0 Å². The SMILES string of the molecule is COc1ccc(S(=O)(=O)CCN/C(C)=C2/C(=O)C=C3Oc4c(C(C)=O)c(O)c(C)c(O)c4[C@]3(C)C2=O)cc1. The number of allylic oxidation sites excluding steroid dienone is 4. The van der Waals surface area contributed by atoms with Crippen LogP contribution in [-0.4, -0.2) is 55.4 Å². The minimum atomic E-state index is -3.66. The van der Waals surface area contributed by atoms with E-state index < -0.39 is 44.1 Å². The topological polar surface area (TPSA) is 156 Å². The summed E-state index contributed by atoms with van der Waals surface area (Å²) in [5.74, 6) is -2.86. The summed E-state index contributed by atoms with van der Waals surface area (Å²) in [6.07, 6.45) is 1.10. The van der Waals surface area contributed by atoms with E-state index >= 15 is 0 Å². The molecule has 11 heteroatoms. The van der Waals surface area contributed by atoms with Crippen molar-refractivity contribution in [3.63, 3.8) is 0 Å². The molecule has 38 heavy (non-hydrogen) atoms. The van der Waals surface area contributed by atoms with Crippen LogP contribution in [0.15, 0.2) is 52.3 Å². The summed E-state index contributed by atoms with van der Waals surface area (Å²) in [5, 5.41) is 24.2. The van der Waals surface area contributed by atoms with Crippen LogP contribution in [0.4, 0.5) is 0 Å². The number of phenols is 2. The van der Waals surface area contributed by atoms with Gasteiger partial charge in [-0.3, -0.25) is 14.4 Å². The molecule has 1 aliphatic heterocycles. The predicted octanol–water partition coefficient (Wildman–Crippen LogP) is 2.64. The molecule has 0 saturated carbocycles. The minimum Gasteiger partial charge on any atom is -0.507 e. The Kier molecular flexibility index (Phi) is 6.60. The van der Waals surface area contributed by atoms with Crippen molar-refractivity contribution in [1.29, 1.82) is 0 Å². The van der Waals surface area contributed by atoms with E-state index in [1.54, 1.807) is 0 Å². The van der Waals surface area contributed by atoms with Crippen molar-refractivity contribution in [2.45, 2.75) is 38.0 Å². The maximum atomic E-state index is 13.8. The highest BCUT2D eigenvalue weighted by atomic mass is 32.2. The van der Waals surface area contributed by atoms with Gasteiger partial charge in [-0.2, -0.15) is 0 Å². The average molecular weight is 542 g/mol. The molecule has 0 amide bonds. The summed E-state index contributed by atoms with van der Waals surface area (Å²) < 4.78 is 36.2. The molecular formula is C27H27NO9S. The van der Waals surface area contributed by atoms with E-state index in [1.165, 1.54) is 59.1 Å². The molecular weight excluding hydrogens is 514 g/mol. The molecule has 1 heterocycles. The number of benzene rings is 2. The predicted molar refractivity (Wildman–Crippen MR) is 136 cm³/mol. The normalized spacial score (nSPS) is 19.8. The first-order valence-electron chi connectivity index (χ1n) is 11.7. The van der Waals surface area contributed by atoms with Gasteiger partial charge in [-0.15, -0.1) is 0 Å². The highest BCUT2D eigenvalue weighted by Crippen LogP contribution is 2.57. The Morgan fingerprint density at radius 3 is 2.32 bits per heavy atom. The molecule has 2 aromatic carbocycles. The second kappa shape index (κ2) is 9.32. The molecule has 200 valence electrons. The maximum absolute atomic E-state index is 13.8. The van der Waals surface area contributed by atoms with Gasteiger partial charge in [0.1, 0.15) is 39.7 Å². The third-order valence-corrected chi connectivity index (χ3v) is 8.67. The summed E-state index contributed by atoms with van der Waals surface area (Å²) in [4.78, 5) is 39.2. The summed E-state index contributed by atoms with van der Waals surface area (Å²) in [5.41, 5.74) is -1.96. The van der Waals surface area contributed by atoms with Gasteiger partial charge in [-0.25, -0.2) is 8.42 Å². The van der Waals surface area contributed by atoms with E-state index in [1.807, 2.05) is 0 Å². The van der Waals surface area contributed by atoms with Crippen molar-refractivity contribution in [3.05, 3.63) is 64.1 Å². The van der Waals surface area contributed by atoms with Crippen LogP contribution in [0.3, 0.4) is 0 Å². The second-order valence-corrected chi connectivity index (χ2v) is 11.4. The lowest BCUT2D eigenvalue weighted by molar-refractivity contribution is -0.123. The number of carbonyl (C=O) groups excluding carboxylic acids is 3. The number of sulfone groups is 1. The van der Waals surface area contributed by atoms with Crippen LogP contribution in [0.25, 0.3) is 0 Å². The number of aromatic hydroxyl groups is 2. The Hall–Kier alpha value is -4.12. The number of fused-ring (bicyclic) bond motifs is 3. The minimum absolute atomic E-state index is 0.00570. The van der Waals surface area contributed by atoms with Crippen molar-refractivity contribution in [2.24, 2.45) is 0 Å². The van der Waals surface area contributed by atoms with E-state index in [0.717, 1.165) is 6.08 Å². The summed E-state index contributed by atoms with van der Waals surface area (Å²) >= 11 is 0. The molecule has 0 fully saturated rings. The molecule has 0 aromatic heterocycles. The largest absolute Gasteiger partial charge is 0.507 e. The Labute approximate surface area is 219 Å². The number of ketones is 3. The number of Topliss-reactive ketones (excluding diaryl/α,β-unsaturated/α-hetero) is 2. The molecule has 4 rings (SSSR count). The van der Waals surface area contributed by atoms with Gasteiger partial charge in [-0.05, 0) is 52.0 Å². The number of phenolic OH excluding ortho intramolecular Hbond substituents is 2. The average Bonchev–Trinajstić information content (AvgIpc) is 3.15. The highest BCUT2D eigenvalue weighted by Gasteiger charge is 2.56. The summed E-state index contributed by atoms with van der Waals surface area (Å²) in [7, 11) is -2.19. The number of rotatable bonds is 7. The fraction of sp³-hybridized carbons (Fsp3) is 0.296. The Morgan fingerprint density at radius 2 is 1.74 bits per heavy atom. The Morgan fingerprint density at radius 1 is 1.11 bits per heavy atom. The van der Waals surface area contributed by atoms with Crippen LogP contribution in [0.5, 0.6) is 23.0 Å². The number of ether oxygens (including phenoxy) is 2. The molecule has 0 radical (unpaired) electrons. The van der Waals surface area contributed by atoms with Crippen LogP contribution < -0.4 is 14.8 Å². The lowest BCUT2D eigenvalue weighted by Crippen LogP contribution is -2.41. The third kappa shape index (κ3) is 4.03. The second-order valence-electron chi connectivity index (χ2n) is 9.31. The van der Waals surface area contributed by atoms with Crippen LogP contribution in [0.1, 0.15) is 42.3 Å². The summed E-state index contributed by atoms with van der Waals surface area (Å²) in [6.45, 7) is 5.46. The zero-order chi connectivity index (χ0) is 28.2. The van der Waals surface area contributed by atoms with Gasteiger partial charge in [0.25, 0.3) is 0 Å². The number of methoxy groups -OCH3 is 1. The van der Waals surface area contributed by atoms with Gasteiger partial charge in [0, 0.05) is 23.9 Å². The lowest BCUT2D eigenvalue weighted by Gasteiger charge is -2.29. The van der Waals surface area contributed by atoms with Crippen molar-refractivity contribution >= 4 is 27.2 Å². The first kappa shape index (κ1) is 26.9.